The lowest BCUT2D eigenvalue weighted by atomic mass is 10.3. The van der Waals surface area contributed by atoms with Crippen LogP contribution in [0.1, 0.15) is 20.8 Å². The zero-order chi connectivity index (χ0) is 11.3. The number of aromatic nitrogens is 1. The van der Waals surface area contributed by atoms with Gasteiger partial charge in [-0.2, -0.15) is 0 Å². The summed E-state index contributed by atoms with van der Waals surface area (Å²) in [5.41, 5.74) is 2.97. The monoisotopic (exact) mass is 240 g/mol. The van der Waals surface area contributed by atoms with Crippen molar-refractivity contribution in [1.82, 2.24) is 4.98 Å². The quantitative estimate of drug-likeness (QED) is 0.714. The van der Waals surface area contributed by atoms with Crippen molar-refractivity contribution in [1.29, 1.82) is 0 Å². The van der Waals surface area contributed by atoms with E-state index in [1.807, 2.05) is 23.7 Å². The summed E-state index contributed by atoms with van der Waals surface area (Å²) in [5, 5.41) is 5.22. The van der Waals surface area contributed by atoms with Gasteiger partial charge in [0.1, 0.15) is 0 Å². The highest BCUT2D eigenvalue weighted by Gasteiger charge is 2.05. The molecule has 0 radical (unpaired) electrons. The molecule has 0 aliphatic carbocycles. The molecule has 1 aromatic heterocycles. The van der Waals surface area contributed by atoms with Crippen LogP contribution in [0.2, 0.25) is 0 Å². The van der Waals surface area contributed by atoms with Crippen LogP contribution in [0.15, 0.2) is 29.8 Å². The van der Waals surface area contributed by atoms with Crippen LogP contribution >= 0.6 is 23.3 Å². The molecule has 82 valence electrons. The Bertz CT molecular complexity index is 374. The van der Waals surface area contributed by atoms with Gasteiger partial charge in [0.2, 0.25) is 0 Å². The van der Waals surface area contributed by atoms with Gasteiger partial charge in [-0.3, -0.25) is 5.14 Å². The van der Waals surface area contributed by atoms with E-state index in [-0.39, 0.29) is 4.75 Å². The first-order valence-electron chi connectivity index (χ1n) is 4.69. The van der Waals surface area contributed by atoms with Gasteiger partial charge in [0.05, 0.1) is 15.7 Å². The first-order valence-corrected chi connectivity index (χ1v) is 6.45. The molecule has 4 heteroatoms. The Morgan fingerprint density at radius 1 is 1.27 bits per heavy atom. The smallest absolute Gasteiger partial charge is 0.0812 e. The van der Waals surface area contributed by atoms with Crippen molar-refractivity contribution >= 4 is 33.5 Å². The summed E-state index contributed by atoms with van der Waals surface area (Å²) in [6.45, 7) is 6.24. The van der Waals surface area contributed by atoms with Crippen molar-refractivity contribution in [2.75, 3.05) is 0 Å². The lowest BCUT2D eigenvalue weighted by molar-refractivity contribution is 0.804. The van der Waals surface area contributed by atoms with Gasteiger partial charge in [-0.1, -0.05) is 24.1 Å². The molecule has 2 N–H and O–H groups in total. The van der Waals surface area contributed by atoms with Gasteiger partial charge in [0.25, 0.3) is 0 Å². The van der Waals surface area contributed by atoms with Gasteiger partial charge < -0.3 is 0 Å². The van der Waals surface area contributed by atoms with E-state index < -0.39 is 0 Å². The molecule has 0 saturated heterocycles. The summed E-state index contributed by atoms with van der Waals surface area (Å²) in [5.74, 6) is 0. The molecule has 0 aliphatic heterocycles. The van der Waals surface area contributed by atoms with Gasteiger partial charge in [-0.25, -0.2) is 4.98 Å². The molecule has 0 bridgehead atoms. The van der Waals surface area contributed by atoms with Gasteiger partial charge in [0.15, 0.2) is 0 Å². The minimum atomic E-state index is 0.236. The fourth-order valence-electron chi connectivity index (χ4n) is 0.803. The maximum absolute atomic E-state index is 5.22. The summed E-state index contributed by atoms with van der Waals surface area (Å²) < 4.78 is 1.50. The molecule has 2 aromatic rings. The predicted octanol–water partition coefficient (Wildman–Crippen LogP) is 3.69. The Morgan fingerprint density at radius 3 is 2.40 bits per heavy atom. The first-order chi connectivity index (χ1) is 7.03. The molecule has 15 heavy (non-hydrogen) atoms. The third-order valence-corrected chi connectivity index (χ3v) is 3.11. The average Bonchev–Trinajstić information content (AvgIpc) is 2.65. The third kappa shape index (κ3) is 4.64. The lowest BCUT2D eigenvalue weighted by Gasteiger charge is -2.11. The summed E-state index contributed by atoms with van der Waals surface area (Å²) in [6, 6.07) is 8.13. The number of hydrogen-bond donors (Lipinski definition) is 1. The van der Waals surface area contributed by atoms with Crippen molar-refractivity contribution in [3.05, 3.63) is 29.8 Å². The fraction of sp³-hybridized carbons (Fsp3) is 0.364. The van der Waals surface area contributed by atoms with E-state index in [0.717, 1.165) is 5.52 Å². The minimum absolute atomic E-state index is 0.236. The summed E-state index contributed by atoms with van der Waals surface area (Å²) in [4.78, 5) is 4.14. The number of fused-ring (bicyclic) bond motifs is 1. The Labute approximate surface area is 99.0 Å². The van der Waals surface area contributed by atoms with Crippen LogP contribution < -0.4 is 5.14 Å². The Balaban J connectivity index is 0.000000167. The standard InChI is InChI=1S/C7H5NS.C4H11NS/c1-2-4-7-6(3-1)8-5-9-7;1-4(2,3)6-5/h1-5H;5H2,1-3H3. The zero-order valence-corrected chi connectivity index (χ0v) is 10.9. The second-order valence-corrected chi connectivity index (χ2v) is 6.40. The lowest BCUT2D eigenvalue weighted by Crippen LogP contribution is -2.09. The topological polar surface area (TPSA) is 38.9 Å². The zero-order valence-electron chi connectivity index (χ0n) is 9.23. The SMILES string of the molecule is CC(C)(C)SN.c1ccc2scnc2c1. The highest BCUT2D eigenvalue weighted by Crippen LogP contribution is 2.15. The van der Waals surface area contributed by atoms with Gasteiger partial charge in [0, 0.05) is 4.75 Å². The molecule has 2 rings (SSSR count). The molecule has 0 spiro atoms. The van der Waals surface area contributed by atoms with E-state index in [2.05, 4.69) is 31.8 Å². The van der Waals surface area contributed by atoms with E-state index in [1.54, 1.807) is 11.3 Å². The van der Waals surface area contributed by atoms with Crippen molar-refractivity contribution in [3.63, 3.8) is 0 Å². The predicted molar refractivity (Wildman–Crippen MR) is 71.2 cm³/mol. The summed E-state index contributed by atoms with van der Waals surface area (Å²) in [6.07, 6.45) is 0. The highest BCUT2D eigenvalue weighted by molar-refractivity contribution is 7.98. The fourth-order valence-corrected chi connectivity index (χ4v) is 1.48. The van der Waals surface area contributed by atoms with Crippen molar-refractivity contribution in [2.24, 2.45) is 5.14 Å². The molecule has 0 fully saturated rings. The van der Waals surface area contributed by atoms with Gasteiger partial charge in [-0.05, 0) is 32.9 Å². The number of hydrogen-bond acceptors (Lipinski definition) is 4. The van der Waals surface area contributed by atoms with Gasteiger partial charge >= 0.3 is 0 Å². The number of rotatable bonds is 0. The maximum Gasteiger partial charge on any atom is 0.0812 e. The molecule has 0 amide bonds. The van der Waals surface area contributed by atoms with Crippen LogP contribution in [0.5, 0.6) is 0 Å². The Kier molecular flexibility index (Phi) is 4.57. The molecular weight excluding hydrogens is 224 g/mol. The van der Waals surface area contributed by atoms with Crippen LogP contribution in [-0.4, -0.2) is 9.73 Å². The molecule has 1 aromatic carbocycles. The van der Waals surface area contributed by atoms with E-state index in [4.69, 9.17) is 5.14 Å². The average molecular weight is 240 g/mol. The number of nitrogens with two attached hydrogens (primary N) is 1. The van der Waals surface area contributed by atoms with Crippen LogP contribution in [0.3, 0.4) is 0 Å². The number of benzene rings is 1. The van der Waals surface area contributed by atoms with Crippen molar-refractivity contribution in [2.45, 2.75) is 25.5 Å². The molecule has 1 heterocycles. The van der Waals surface area contributed by atoms with E-state index in [9.17, 15) is 0 Å². The van der Waals surface area contributed by atoms with E-state index in [0.29, 0.717) is 0 Å². The van der Waals surface area contributed by atoms with Gasteiger partial charge in [-0.15, -0.1) is 11.3 Å². The number of nitrogens with zero attached hydrogens (tertiary/aromatic N) is 1. The normalized spacial score (nSPS) is 10.9. The van der Waals surface area contributed by atoms with Crippen LogP contribution in [0.4, 0.5) is 0 Å². The molecule has 0 unspecified atom stereocenters. The van der Waals surface area contributed by atoms with E-state index >= 15 is 0 Å². The second kappa shape index (κ2) is 5.49. The molecule has 0 saturated carbocycles. The molecular formula is C11H16N2S2. The second-order valence-electron chi connectivity index (χ2n) is 4.05. The van der Waals surface area contributed by atoms with Crippen LogP contribution in [-0.2, 0) is 0 Å². The Hall–Kier alpha value is -0.580. The van der Waals surface area contributed by atoms with Crippen molar-refractivity contribution in [3.8, 4) is 0 Å². The number of thiazole rings is 1. The summed E-state index contributed by atoms with van der Waals surface area (Å²) >= 11 is 3.06. The summed E-state index contributed by atoms with van der Waals surface area (Å²) in [7, 11) is 0. The minimum Gasteiger partial charge on any atom is -0.277 e. The van der Waals surface area contributed by atoms with Crippen LogP contribution in [0.25, 0.3) is 10.2 Å². The molecule has 0 aliphatic rings. The number of para-hydroxylation sites is 1. The Morgan fingerprint density at radius 2 is 1.87 bits per heavy atom. The molecule has 2 nitrogen and oxygen atoms in total. The largest absolute Gasteiger partial charge is 0.277 e. The van der Waals surface area contributed by atoms with Crippen molar-refractivity contribution < 1.29 is 0 Å². The maximum atomic E-state index is 5.22. The first kappa shape index (κ1) is 12.5. The third-order valence-electron chi connectivity index (χ3n) is 1.59. The van der Waals surface area contributed by atoms with E-state index in [1.165, 1.54) is 16.6 Å². The molecule has 0 atom stereocenters. The van der Waals surface area contributed by atoms with Crippen LogP contribution in [0, 0.1) is 0 Å². The highest BCUT2D eigenvalue weighted by atomic mass is 32.2.